The largest absolute Gasteiger partial charge is 0.453 e. The SMILES string of the molecule is COC(=O)N[C@H](C)C(=O)NCCc1ncnn1C. The maximum atomic E-state index is 11.6. The molecule has 2 amide bonds. The van der Waals surface area contributed by atoms with E-state index < -0.39 is 12.1 Å². The van der Waals surface area contributed by atoms with Crippen LogP contribution >= 0.6 is 0 Å². The summed E-state index contributed by atoms with van der Waals surface area (Å²) in [5.41, 5.74) is 0. The number of hydrogen-bond acceptors (Lipinski definition) is 5. The Labute approximate surface area is 105 Å². The van der Waals surface area contributed by atoms with Crippen LogP contribution in [0, 0.1) is 0 Å². The minimum atomic E-state index is -0.642. The molecule has 0 bridgehead atoms. The van der Waals surface area contributed by atoms with Gasteiger partial charge < -0.3 is 15.4 Å². The van der Waals surface area contributed by atoms with E-state index >= 15 is 0 Å². The van der Waals surface area contributed by atoms with E-state index in [1.165, 1.54) is 13.4 Å². The summed E-state index contributed by atoms with van der Waals surface area (Å²) in [7, 11) is 3.03. The summed E-state index contributed by atoms with van der Waals surface area (Å²) in [6.07, 6.45) is 1.40. The number of ether oxygens (including phenoxy) is 1. The summed E-state index contributed by atoms with van der Waals surface area (Å²) in [4.78, 5) is 26.5. The van der Waals surface area contributed by atoms with Gasteiger partial charge in [-0.1, -0.05) is 0 Å². The number of rotatable bonds is 5. The van der Waals surface area contributed by atoms with Gasteiger partial charge in [-0.15, -0.1) is 0 Å². The first-order chi connectivity index (χ1) is 8.54. The number of alkyl carbamates (subject to hydrolysis) is 1. The van der Waals surface area contributed by atoms with E-state index in [-0.39, 0.29) is 5.91 Å². The van der Waals surface area contributed by atoms with Gasteiger partial charge in [-0.3, -0.25) is 9.48 Å². The third kappa shape index (κ3) is 4.04. The van der Waals surface area contributed by atoms with Crippen LogP contribution in [0.5, 0.6) is 0 Å². The first kappa shape index (κ1) is 13.9. The molecule has 8 nitrogen and oxygen atoms in total. The van der Waals surface area contributed by atoms with Gasteiger partial charge in [0.15, 0.2) is 0 Å². The van der Waals surface area contributed by atoms with Crippen molar-refractivity contribution in [2.24, 2.45) is 7.05 Å². The van der Waals surface area contributed by atoms with E-state index in [0.29, 0.717) is 13.0 Å². The number of carbonyl (C=O) groups is 2. The van der Waals surface area contributed by atoms with Crippen molar-refractivity contribution in [2.75, 3.05) is 13.7 Å². The van der Waals surface area contributed by atoms with Gasteiger partial charge in [-0.05, 0) is 6.92 Å². The van der Waals surface area contributed by atoms with Gasteiger partial charge in [0, 0.05) is 20.0 Å². The zero-order valence-electron chi connectivity index (χ0n) is 10.6. The lowest BCUT2D eigenvalue weighted by Crippen LogP contribution is -2.45. The predicted molar refractivity (Wildman–Crippen MR) is 62.7 cm³/mol. The standard InChI is InChI=1S/C10H17N5O3/c1-7(14-10(17)18-3)9(16)11-5-4-8-12-6-13-15(8)2/h6-7H,4-5H2,1-3H3,(H,11,16)(H,14,17)/t7-/m1/s1. The van der Waals surface area contributed by atoms with Crippen molar-refractivity contribution in [3.8, 4) is 0 Å². The van der Waals surface area contributed by atoms with Crippen molar-refractivity contribution in [3.63, 3.8) is 0 Å². The lowest BCUT2D eigenvalue weighted by molar-refractivity contribution is -0.122. The van der Waals surface area contributed by atoms with E-state index in [0.717, 1.165) is 5.82 Å². The van der Waals surface area contributed by atoms with Crippen LogP contribution in [0.1, 0.15) is 12.7 Å². The molecule has 0 fully saturated rings. The van der Waals surface area contributed by atoms with Crippen LogP contribution < -0.4 is 10.6 Å². The van der Waals surface area contributed by atoms with Crippen molar-refractivity contribution in [3.05, 3.63) is 12.2 Å². The van der Waals surface area contributed by atoms with Crippen LogP contribution in [-0.4, -0.2) is 46.5 Å². The van der Waals surface area contributed by atoms with Gasteiger partial charge in [0.1, 0.15) is 18.2 Å². The minimum absolute atomic E-state index is 0.275. The van der Waals surface area contributed by atoms with Crippen molar-refractivity contribution in [1.29, 1.82) is 0 Å². The highest BCUT2D eigenvalue weighted by Gasteiger charge is 2.15. The van der Waals surface area contributed by atoms with Gasteiger partial charge in [0.25, 0.3) is 0 Å². The third-order valence-electron chi connectivity index (χ3n) is 2.37. The Balaban J connectivity index is 2.29. The molecular formula is C10H17N5O3. The van der Waals surface area contributed by atoms with Gasteiger partial charge in [-0.25, -0.2) is 9.78 Å². The third-order valence-corrected chi connectivity index (χ3v) is 2.37. The fraction of sp³-hybridized carbons (Fsp3) is 0.600. The Morgan fingerprint density at radius 3 is 2.83 bits per heavy atom. The van der Waals surface area contributed by atoms with Gasteiger partial charge in [0.2, 0.25) is 5.91 Å². The molecule has 0 aliphatic rings. The van der Waals surface area contributed by atoms with E-state index in [1.807, 2.05) is 0 Å². The van der Waals surface area contributed by atoms with Crippen LogP contribution in [0.3, 0.4) is 0 Å². The van der Waals surface area contributed by atoms with E-state index in [4.69, 9.17) is 0 Å². The highest BCUT2D eigenvalue weighted by molar-refractivity contribution is 5.85. The average molecular weight is 255 g/mol. The quantitative estimate of drug-likeness (QED) is 0.719. The Bertz CT molecular complexity index is 417. The number of aryl methyl sites for hydroxylation is 1. The first-order valence-electron chi connectivity index (χ1n) is 5.49. The highest BCUT2D eigenvalue weighted by atomic mass is 16.5. The van der Waals surface area contributed by atoms with Crippen molar-refractivity contribution in [1.82, 2.24) is 25.4 Å². The molecule has 0 aromatic carbocycles. The summed E-state index contributed by atoms with van der Waals surface area (Å²) >= 11 is 0. The Morgan fingerprint density at radius 2 is 2.28 bits per heavy atom. The second-order valence-corrected chi connectivity index (χ2v) is 3.70. The fourth-order valence-electron chi connectivity index (χ4n) is 1.30. The second kappa shape index (κ2) is 6.58. The minimum Gasteiger partial charge on any atom is -0.453 e. The molecule has 1 atom stereocenters. The summed E-state index contributed by atoms with van der Waals surface area (Å²) in [6, 6.07) is -0.642. The number of nitrogens with one attached hydrogen (secondary N) is 2. The number of amides is 2. The lowest BCUT2D eigenvalue weighted by Gasteiger charge is -2.12. The highest BCUT2D eigenvalue weighted by Crippen LogP contribution is 1.91. The number of carbonyl (C=O) groups excluding carboxylic acids is 2. The predicted octanol–water partition coefficient (Wildman–Crippen LogP) is -0.782. The molecule has 1 rings (SSSR count). The first-order valence-corrected chi connectivity index (χ1v) is 5.49. The Kier molecular flexibility index (Phi) is 5.09. The molecule has 2 N–H and O–H groups in total. The van der Waals surface area contributed by atoms with E-state index in [9.17, 15) is 9.59 Å². The Hall–Kier alpha value is -2.12. The van der Waals surface area contributed by atoms with Crippen LogP contribution in [-0.2, 0) is 23.0 Å². The molecule has 0 saturated heterocycles. The molecule has 8 heteroatoms. The monoisotopic (exact) mass is 255 g/mol. The molecule has 0 saturated carbocycles. The molecule has 0 aliphatic heterocycles. The average Bonchev–Trinajstić information content (AvgIpc) is 2.74. The smallest absolute Gasteiger partial charge is 0.407 e. The molecule has 100 valence electrons. The van der Waals surface area contributed by atoms with Crippen LogP contribution in [0.2, 0.25) is 0 Å². The number of nitrogens with zero attached hydrogens (tertiary/aromatic N) is 3. The molecule has 0 aliphatic carbocycles. The number of hydrogen-bond donors (Lipinski definition) is 2. The zero-order chi connectivity index (χ0) is 13.5. The Morgan fingerprint density at radius 1 is 1.56 bits per heavy atom. The molecule has 18 heavy (non-hydrogen) atoms. The second-order valence-electron chi connectivity index (χ2n) is 3.70. The normalized spacial score (nSPS) is 11.7. The van der Waals surface area contributed by atoms with Crippen molar-refractivity contribution < 1.29 is 14.3 Å². The number of aromatic nitrogens is 3. The fourth-order valence-corrected chi connectivity index (χ4v) is 1.30. The summed E-state index contributed by atoms with van der Waals surface area (Å²) < 4.78 is 6.04. The van der Waals surface area contributed by atoms with Crippen LogP contribution in [0.15, 0.2) is 6.33 Å². The van der Waals surface area contributed by atoms with Crippen molar-refractivity contribution in [2.45, 2.75) is 19.4 Å². The van der Waals surface area contributed by atoms with Crippen LogP contribution in [0.25, 0.3) is 0 Å². The topological polar surface area (TPSA) is 98.1 Å². The summed E-state index contributed by atoms with van der Waals surface area (Å²) in [5, 5.41) is 8.98. The van der Waals surface area contributed by atoms with E-state index in [1.54, 1.807) is 18.7 Å². The molecule has 1 aromatic rings. The molecule has 0 radical (unpaired) electrons. The van der Waals surface area contributed by atoms with Gasteiger partial charge >= 0.3 is 6.09 Å². The lowest BCUT2D eigenvalue weighted by atomic mass is 10.3. The zero-order valence-corrected chi connectivity index (χ0v) is 10.6. The molecule has 1 aromatic heterocycles. The maximum absolute atomic E-state index is 11.6. The van der Waals surface area contributed by atoms with Gasteiger partial charge in [-0.2, -0.15) is 5.10 Å². The molecule has 1 heterocycles. The molecular weight excluding hydrogens is 238 g/mol. The summed E-state index contributed by atoms with van der Waals surface area (Å²) in [6.45, 7) is 2.01. The maximum Gasteiger partial charge on any atom is 0.407 e. The summed E-state index contributed by atoms with van der Waals surface area (Å²) in [5.74, 6) is 0.506. The molecule has 0 unspecified atom stereocenters. The van der Waals surface area contributed by atoms with E-state index in [2.05, 4.69) is 25.5 Å². The molecule has 0 spiro atoms. The van der Waals surface area contributed by atoms with Crippen LogP contribution in [0.4, 0.5) is 4.79 Å². The van der Waals surface area contributed by atoms with Gasteiger partial charge in [0.05, 0.1) is 7.11 Å². The van der Waals surface area contributed by atoms with Crippen molar-refractivity contribution >= 4 is 12.0 Å². The number of methoxy groups -OCH3 is 1.